The van der Waals surface area contributed by atoms with Crippen molar-refractivity contribution in [2.24, 2.45) is 12.0 Å². The van der Waals surface area contributed by atoms with Crippen LogP contribution in [0.15, 0.2) is 23.5 Å². The summed E-state index contributed by atoms with van der Waals surface area (Å²) in [6, 6.07) is 3.87. The molecule has 1 aliphatic carbocycles. The van der Waals surface area contributed by atoms with Crippen LogP contribution in [0.5, 0.6) is 5.75 Å². The number of rotatable bonds is 4. The number of benzene rings is 1. The minimum Gasteiger partial charge on any atom is -0.508 e. The molecule has 0 spiro atoms. The van der Waals surface area contributed by atoms with E-state index >= 15 is 0 Å². The molecule has 1 aromatic heterocycles. The number of hydrogen-bond donors (Lipinski definition) is 2. The van der Waals surface area contributed by atoms with Crippen molar-refractivity contribution in [3.63, 3.8) is 0 Å². The highest BCUT2D eigenvalue weighted by atomic mass is 127. The molecule has 1 aromatic carbocycles. The van der Waals surface area contributed by atoms with Gasteiger partial charge in [-0.1, -0.05) is 6.07 Å². The third kappa shape index (κ3) is 4.46. The van der Waals surface area contributed by atoms with Crippen LogP contribution >= 0.6 is 24.0 Å². The predicted molar refractivity (Wildman–Crippen MR) is 113 cm³/mol. The lowest BCUT2D eigenvalue weighted by atomic mass is 9.88. The summed E-state index contributed by atoms with van der Waals surface area (Å²) < 4.78 is 1.75. The van der Waals surface area contributed by atoms with Crippen LogP contribution in [-0.2, 0) is 33.0 Å². The van der Waals surface area contributed by atoms with E-state index in [-0.39, 0.29) is 24.0 Å². The van der Waals surface area contributed by atoms with Crippen molar-refractivity contribution in [3.05, 3.63) is 41.0 Å². The first kappa shape index (κ1) is 20.5. The topological polar surface area (TPSA) is 78.6 Å². The second-order valence-electron chi connectivity index (χ2n) is 6.46. The Morgan fingerprint density at radius 1 is 1.35 bits per heavy atom. The van der Waals surface area contributed by atoms with Gasteiger partial charge in [0.1, 0.15) is 17.9 Å². The zero-order valence-corrected chi connectivity index (χ0v) is 17.9. The van der Waals surface area contributed by atoms with E-state index in [0.717, 1.165) is 30.2 Å². The van der Waals surface area contributed by atoms with Gasteiger partial charge in [-0.25, -0.2) is 4.98 Å². The highest BCUT2D eigenvalue weighted by Crippen LogP contribution is 2.30. The van der Waals surface area contributed by atoms with Crippen LogP contribution in [0.1, 0.15) is 35.4 Å². The zero-order chi connectivity index (χ0) is 17.8. The van der Waals surface area contributed by atoms with Gasteiger partial charge < -0.3 is 15.3 Å². The lowest BCUT2D eigenvalue weighted by Gasteiger charge is -2.24. The fraction of sp³-hybridized carbons (Fsp3) is 0.500. The van der Waals surface area contributed by atoms with Gasteiger partial charge in [-0.15, -0.1) is 24.0 Å². The first-order chi connectivity index (χ1) is 12.1. The molecule has 0 bridgehead atoms. The van der Waals surface area contributed by atoms with Crippen LogP contribution < -0.4 is 5.32 Å². The largest absolute Gasteiger partial charge is 0.508 e. The number of aliphatic imine (C=N–C) groups is 1. The summed E-state index contributed by atoms with van der Waals surface area (Å²) in [4.78, 5) is 10.6. The summed E-state index contributed by atoms with van der Waals surface area (Å²) in [5.41, 5.74) is 3.65. The predicted octanol–water partition coefficient (Wildman–Crippen LogP) is 2.22. The summed E-state index contributed by atoms with van der Waals surface area (Å²) in [6.45, 7) is 1.17. The molecule has 26 heavy (non-hydrogen) atoms. The number of phenolic OH excluding ortho intramolecular Hbond substituents is 1. The molecule has 7 nitrogen and oxygen atoms in total. The van der Waals surface area contributed by atoms with Crippen LogP contribution in [0.4, 0.5) is 0 Å². The molecule has 142 valence electrons. The van der Waals surface area contributed by atoms with E-state index < -0.39 is 0 Å². The maximum absolute atomic E-state index is 10.3. The van der Waals surface area contributed by atoms with E-state index in [2.05, 4.69) is 26.5 Å². The molecule has 2 aromatic rings. The van der Waals surface area contributed by atoms with E-state index in [4.69, 9.17) is 0 Å². The van der Waals surface area contributed by atoms with Crippen LogP contribution in [0.2, 0.25) is 0 Å². The summed E-state index contributed by atoms with van der Waals surface area (Å²) >= 11 is 0. The summed E-state index contributed by atoms with van der Waals surface area (Å²) in [5.74, 6) is 1.99. The molecule has 1 aliphatic rings. The van der Waals surface area contributed by atoms with Crippen LogP contribution in [0.25, 0.3) is 0 Å². The lowest BCUT2D eigenvalue weighted by Crippen LogP contribution is -2.38. The standard InChI is InChI=1S/C18H26N6O.HI/c1-19-18(23(2)11-17-21-12-22-24(17)3)20-10-15-14-7-5-4-6-13(14)8-9-16(15)25;/h8-9,12,25H,4-7,10-11H2,1-3H3,(H,19,20);1H. The Bertz CT molecular complexity index is 773. The number of aromatic nitrogens is 3. The Hall–Kier alpha value is -1.84. The molecule has 8 heteroatoms. The van der Waals surface area contributed by atoms with Crippen molar-refractivity contribution in [3.8, 4) is 5.75 Å². The molecule has 1 heterocycles. The maximum atomic E-state index is 10.3. The van der Waals surface area contributed by atoms with E-state index in [1.165, 1.54) is 24.0 Å². The van der Waals surface area contributed by atoms with Gasteiger partial charge in [0, 0.05) is 33.3 Å². The second-order valence-corrected chi connectivity index (χ2v) is 6.46. The molecule has 2 N–H and O–H groups in total. The molecule has 0 amide bonds. The molecule has 0 saturated carbocycles. The van der Waals surface area contributed by atoms with E-state index in [1.807, 2.05) is 25.1 Å². The van der Waals surface area contributed by atoms with Crippen molar-refractivity contribution >= 4 is 29.9 Å². The first-order valence-corrected chi connectivity index (χ1v) is 8.67. The number of guanidine groups is 1. The summed E-state index contributed by atoms with van der Waals surface area (Å²) in [5, 5.41) is 17.8. The minimum absolute atomic E-state index is 0. The Kier molecular flexibility index (Phi) is 7.24. The fourth-order valence-electron chi connectivity index (χ4n) is 3.39. The van der Waals surface area contributed by atoms with Gasteiger partial charge in [-0.3, -0.25) is 9.67 Å². The highest BCUT2D eigenvalue weighted by Gasteiger charge is 2.17. The monoisotopic (exact) mass is 470 g/mol. The average molecular weight is 470 g/mol. The van der Waals surface area contributed by atoms with Crippen molar-refractivity contribution in [2.75, 3.05) is 14.1 Å². The van der Waals surface area contributed by atoms with Gasteiger partial charge in [0.15, 0.2) is 5.96 Å². The number of halogens is 1. The van der Waals surface area contributed by atoms with Crippen molar-refractivity contribution in [1.29, 1.82) is 0 Å². The van der Waals surface area contributed by atoms with Crippen molar-refractivity contribution in [2.45, 2.75) is 38.8 Å². The zero-order valence-electron chi connectivity index (χ0n) is 15.6. The Morgan fingerprint density at radius 3 is 2.81 bits per heavy atom. The molecular formula is C18H27IN6O. The number of nitrogens with one attached hydrogen (secondary N) is 1. The fourth-order valence-corrected chi connectivity index (χ4v) is 3.39. The Morgan fingerprint density at radius 2 is 2.12 bits per heavy atom. The van der Waals surface area contributed by atoms with Crippen LogP contribution in [0, 0.1) is 0 Å². The normalized spacial score (nSPS) is 13.7. The Balaban J connectivity index is 0.00000243. The molecule has 0 unspecified atom stereocenters. The van der Waals surface area contributed by atoms with Gasteiger partial charge >= 0.3 is 0 Å². The third-order valence-corrected chi connectivity index (χ3v) is 4.81. The van der Waals surface area contributed by atoms with Gasteiger partial charge in [0.05, 0.1) is 6.54 Å². The van der Waals surface area contributed by atoms with E-state index in [1.54, 1.807) is 18.1 Å². The number of phenols is 1. The molecule has 0 aliphatic heterocycles. The Labute approximate surface area is 171 Å². The van der Waals surface area contributed by atoms with Crippen LogP contribution in [0.3, 0.4) is 0 Å². The van der Waals surface area contributed by atoms with Gasteiger partial charge in [-0.05, 0) is 42.9 Å². The molecule has 0 saturated heterocycles. The van der Waals surface area contributed by atoms with E-state index in [0.29, 0.717) is 18.8 Å². The minimum atomic E-state index is 0. The SMILES string of the molecule is CN=C(NCc1c(O)ccc2c1CCCC2)N(C)Cc1ncnn1C.I. The van der Waals surface area contributed by atoms with Crippen molar-refractivity contribution in [1.82, 2.24) is 25.0 Å². The number of aryl methyl sites for hydroxylation is 2. The second kappa shape index (κ2) is 9.20. The molecular weight excluding hydrogens is 443 g/mol. The van der Waals surface area contributed by atoms with Gasteiger partial charge in [0.2, 0.25) is 0 Å². The van der Waals surface area contributed by atoms with Crippen molar-refractivity contribution < 1.29 is 5.11 Å². The average Bonchev–Trinajstić information content (AvgIpc) is 3.02. The van der Waals surface area contributed by atoms with E-state index in [9.17, 15) is 5.11 Å². The molecule has 0 radical (unpaired) electrons. The number of aromatic hydroxyl groups is 1. The van der Waals surface area contributed by atoms with Gasteiger partial charge in [-0.2, -0.15) is 5.10 Å². The molecule has 0 fully saturated rings. The molecule has 0 atom stereocenters. The lowest BCUT2D eigenvalue weighted by molar-refractivity contribution is 0.443. The molecule has 3 rings (SSSR count). The quantitative estimate of drug-likeness (QED) is 0.407. The smallest absolute Gasteiger partial charge is 0.194 e. The maximum Gasteiger partial charge on any atom is 0.194 e. The summed E-state index contributed by atoms with van der Waals surface area (Å²) in [6.07, 6.45) is 6.10. The number of nitrogens with zero attached hydrogens (tertiary/aromatic N) is 5. The number of hydrogen-bond acceptors (Lipinski definition) is 4. The van der Waals surface area contributed by atoms with Crippen LogP contribution in [-0.4, -0.2) is 44.8 Å². The summed E-state index contributed by atoms with van der Waals surface area (Å²) in [7, 11) is 5.60. The number of fused-ring (bicyclic) bond motifs is 1. The first-order valence-electron chi connectivity index (χ1n) is 8.67. The van der Waals surface area contributed by atoms with Gasteiger partial charge in [0.25, 0.3) is 0 Å². The highest BCUT2D eigenvalue weighted by molar-refractivity contribution is 14.0. The third-order valence-electron chi connectivity index (χ3n) is 4.81.